The van der Waals surface area contributed by atoms with Crippen LogP contribution < -0.4 is 5.32 Å². The molecule has 0 unspecified atom stereocenters. The van der Waals surface area contributed by atoms with Gasteiger partial charge in [0.25, 0.3) is 0 Å². The SMILES string of the molecule is CCCN/C=C/CCN1C(=O)CCCC1=O. The van der Waals surface area contributed by atoms with Crippen molar-refractivity contribution in [2.45, 2.75) is 39.0 Å². The van der Waals surface area contributed by atoms with Crippen LogP contribution in [0.2, 0.25) is 0 Å². The Balaban J connectivity index is 2.22. The number of likely N-dealkylation sites (tertiary alicyclic amines) is 1. The van der Waals surface area contributed by atoms with Gasteiger partial charge in [0.15, 0.2) is 0 Å². The van der Waals surface area contributed by atoms with Gasteiger partial charge in [-0.25, -0.2) is 0 Å². The highest BCUT2D eigenvalue weighted by molar-refractivity contribution is 5.97. The molecule has 1 aliphatic heterocycles. The van der Waals surface area contributed by atoms with Gasteiger partial charge >= 0.3 is 0 Å². The van der Waals surface area contributed by atoms with Crippen molar-refractivity contribution in [1.82, 2.24) is 10.2 Å². The number of imide groups is 1. The van der Waals surface area contributed by atoms with Crippen molar-refractivity contribution < 1.29 is 9.59 Å². The van der Waals surface area contributed by atoms with Crippen molar-refractivity contribution >= 4 is 11.8 Å². The molecule has 0 spiro atoms. The van der Waals surface area contributed by atoms with Crippen LogP contribution in [0.4, 0.5) is 0 Å². The average molecular weight is 224 g/mol. The van der Waals surface area contributed by atoms with Gasteiger partial charge in [-0.15, -0.1) is 0 Å². The molecule has 0 aromatic rings. The highest BCUT2D eigenvalue weighted by atomic mass is 16.2. The van der Waals surface area contributed by atoms with E-state index >= 15 is 0 Å². The van der Waals surface area contributed by atoms with E-state index in [1.807, 2.05) is 12.3 Å². The second-order valence-corrected chi connectivity index (χ2v) is 3.94. The third-order valence-electron chi connectivity index (χ3n) is 2.53. The van der Waals surface area contributed by atoms with Gasteiger partial charge in [0, 0.05) is 25.9 Å². The number of hydrogen-bond acceptors (Lipinski definition) is 3. The smallest absolute Gasteiger partial charge is 0.229 e. The number of hydrogen-bond donors (Lipinski definition) is 1. The first-order valence-corrected chi connectivity index (χ1v) is 5.97. The molecule has 0 bridgehead atoms. The van der Waals surface area contributed by atoms with E-state index in [-0.39, 0.29) is 11.8 Å². The maximum absolute atomic E-state index is 11.4. The Hall–Kier alpha value is -1.32. The van der Waals surface area contributed by atoms with E-state index in [2.05, 4.69) is 12.2 Å². The van der Waals surface area contributed by atoms with Crippen molar-refractivity contribution in [3.63, 3.8) is 0 Å². The minimum absolute atomic E-state index is 0.0221. The first-order chi connectivity index (χ1) is 7.75. The minimum atomic E-state index is -0.0221. The summed E-state index contributed by atoms with van der Waals surface area (Å²) in [5.41, 5.74) is 0. The molecule has 0 radical (unpaired) electrons. The van der Waals surface area contributed by atoms with Gasteiger partial charge in [-0.05, 0) is 25.5 Å². The molecule has 4 nitrogen and oxygen atoms in total. The zero-order valence-corrected chi connectivity index (χ0v) is 9.87. The third kappa shape index (κ3) is 4.04. The lowest BCUT2D eigenvalue weighted by Crippen LogP contribution is -2.40. The Bertz CT molecular complexity index is 258. The normalized spacial score (nSPS) is 17.2. The van der Waals surface area contributed by atoms with Gasteiger partial charge < -0.3 is 5.32 Å². The fourth-order valence-corrected chi connectivity index (χ4v) is 1.65. The van der Waals surface area contributed by atoms with Gasteiger partial charge in [0.05, 0.1) is 0 Å². The fraction of sp³-hybridized carbons (Fsp3) is 0.667. The lowest BCUT2D eigenvalue weighted by Gasteiger charge is -2.24. The number of rotatable bonds is 6. The second kappa shape index (κ2) is 7.04. The predicted molar refractivity (Wildman–Crippen MR) is 62.6 cm³/mol. The van der Waals surface area contributed by atoms with Crippen LogP contribution in [0.3, 0.4) is 0 Å². The van der Waals surface area contributed by atoms with Crippen LogP contribution in [-0.2, 0) is 9.59 Å². The van der Waals surface area contributed by atoms with E-state index in [1.165, 1.54) is 4.90 Å². The molecule has 90 valence electrons. The number of amides is 2. The van der Waals surface area contributed by atoms with Crippen molar-refractivity contribution in [3.8, 4) is 0 Å². The molecule has 1 saturated heterocycles. The number of nitrogens with zero attached hydrogens (tertiary/aromatic N) is 1. The Morgan fingerprint density at radius 3 is 2.62 bits per heavy atom. The number of piperidine rings is 1. The quantitative estimate of drug-likeness (QED) is 0.548. The monoisotopic (exact) mass is 224 g/mol. The maximum Gasteiger partial charge on any atom is 0.229 e. The molecule has 16 heavy (non-hydrogen) atoms. The van der Waals surface area contributed by atoms with E-state index in [0.717, 1.165) is 19.4 Å². The van der Waals surface area contributed by atoms with Crippen LogP contribution in [0.1, 0.15) is 39.0 Å². The van der Waals surface area contributed by atoms with E-state index in [4.69, 9.17) is 0 Å². The highest BCUT2D eigenvalue weighted by Crippen LogP contribution is 2.12. The Labute approximate surface area is 96.7 Å². The summed E-state index contributed by atoms with van der Waals surface area (Å²) < 4.78 is 0. The topological polar surface area (TPSA) is 49.4 Å². The molecule has 1 fully saturated rings. The Kier molecular flexibility index (Phi) is 5.61. The molecule has 1 N–H and O–H groups in total. The summed E-state index contributed by atoms with van der Waals surface area (Å²) in [4.78, 5) is 24.3. The van der Waals surface area contributed by atoms with Gasteiger partial charge in [0.1, 0.15) is 0 Å². The highest BCUT2D eigenvalue weighted by Gasteiger charge is 2.24. The van der Waals surface area contributed by atoms with E-state index in [0.29, 0.717) is 25.8 Å². The van der Waals surface area contributed by atoms with Gasteiger partial charge in [-0.1, -0.05) is 13.0 Å². The molecule has 0 aromatic carbocycles. The van der Waals surface area contributed by atoms with Crippen LogP contribution in [0, 0.1) is 0 Å². The first kappa shape index (κ1) is 12.7. The summed E-state index contributed by atoms with van der Waals surface area (Å²) in [7, 11) is 0. The molecule has 0 atom stereocenters. The van der Waals surface area contributed by atoms with Crippen LogP contribution in [0.25, 0.3) is 0 Å². The summed E-state index contributed by atoms with van der Waals surface area (Å²) in [5, 5.41) is 3.13. The lowest BCUT2D eigenvalue weighted by atomic mass is 10.1. The standard InChI is InChI=1S/C12H20N2O2/c1-2-8-13-9-3-4-10-14-11(15)6-5-7-12(14)16/h3,9,13H,2,4-8,10H2,1H3/b9-3+. The van der Waals surface area contributed by atoms with Crippen LogP contribution in [0.15, 0.2) is 12.3 Å². The van der Waals surface area contributed by atoms with Crippen molar-refractivity contribution in [1.29, 1.82) is 0 Å². The molecular formula is C12H20N2O2. The average Bonchev–Trinajstić information content (AvgIpc) is 2.26. The summed E-state index contributed by atoms with van der Waals surface area (Å²) in [5.74, 6) is -0.0441. The molecule has 0 aliphatic carbocycles. The summed E-state index contributed by atoms with van der Waals surface area (Å²) in [6, 6.07) is 0. The number of carbonyl (C=O) groups excluding carboxylic acids is 2. The Morgan fingerprint density at radius 1 is 1.31 bits per heavy atom. The molecule has 1 rings (SSSR count). The second-order valence-electron chi connectivity index (χ2n) is 3.94. The number of carbonyl (C=O) groups is 2. The van der Waals surface area contributed by atoms with Crippen molar-refractivity contribution in [3.05, 3.63) is 12.3 Å². The van der Waals surface area contributed by atoms with Crippen LogP contribution >= 0.6 is 0 Å². The van der Waals surface area contributed by atoms with Gasteiger partial charge in [-0.3, -0.25) is 14.5 Å². The van der Waals surface area contributed by atoms with Crippen LogP contribution in [-0.4, -0.2) is 29.8 Å². The zero-order valence-electron chi connectivity index (χ0n) is 9.87. The molecule has 1 aliphatic rings. The zero-order chi connectivity index (χ0) is 11.8. The first-order valence-electron chi connectivity index (χ1n) is 5.97. The molecule has 2 amide bonds. The lowest BCUT2D eigenvalue weighted by molar-refractivity contribution is -0.147. The van der Waals surface area contributed by atoms with E-state index in [9.17, 15) is 9.59 Å². The van der Waals surface area contributed by atoms with E-state index in [1.54, 1.807) is 0 Å². The minimum Gasteiger partial charge on any atom is -0.391 e. The van der Waals surface area contributed by atoms with Gasteiger partial charge in [0.2, 0.25) is 11.8 Å². The fourth-order valence-electron chi connectivity index (χ4n) is 1.65. The molecule has 0 aromatic heterocycles. The third-order valence-corrected chi connectivity index (χ3v) is 2.53. The summed E-state index contributed by atoms with van der Waals surface area (Å²) >= 11 is 0. The maximum atomic E-state index is 11.4. The van der Waals surface area contributed by atoms with Gasteiger partial charge in [-0.2, -0.15) is 0 Å². The van der Waals surface area contributed by atoms with Crippen molar-refractivity contribution in [2.75, 3.05) is 13.1 Å². The summed E-state index contributed by atoms with van der Waals surface area (Å²) in [6.07, 6.45) is 7.42. The largest absolute Gasteiger partial charge is 0.391 e. The number of nitrogens with one attached hydrogen (secondary N) is 1. The molecule has 0 saturated carbocycles. The predicted octanol–water partition coefficient (Wildman–Crippen LogP) is 1.43. The molecular weight excluding hydrogens is 204 g/mol. The summed E-state index contributed by atoms with van der Waals surface area (Å²) in [6.45, 7) is 3.58. The molecule has 1 heterocycles. The molecule has 4 heteroatoms. The van der Waals surface area contributed by atoms with E-state index < -0.39 is 0 Å². The van der Waals surface area contributed by atoms with Crippen LogP contribution in [0.5, 0.6) is 0 Å². The van der Waals surface area contributed by atoms with Crippen molar-refractivity contribution in [2.24, 2.45) is 0 Å². The Morgan fingerprint density at radius 2 is 2.00 bits per heavy atom.